The summed E-state index contributed by atoms with van der Waals surface area (Å²) >= 11 is 0. The Kier molecular flexibility index (Phi) is 3.12. The van der Waals surface area contributed by atoms with Crippen LogP contribution in [0.1, 0.15) is 10.4 Å². The molecule has 0 aliphatic heterocycles. The predicted molar refractivity (Wildman–Crippen MR) is 73.8 cm³/mol. The van der Waals surface area contributed by atoms with Crippen molar-refractivity contribution in [1.82, 2.24) is 10.2 Å². The van der Waals surface area contributed by atoms with E-state index in [1.165, 1.54) is 18.2 Å². The number of rotatable bonds is 3. The third-order valence-electron chi connectivity index (χ3n) is 2.90. The predicted octanol–water partition coefficient (Wildman–Crippen LogP) is 2.81. The molecule has 21 heavy (non-hydrogen) atoms. The van der Waals surface area contributed by atoms with Crippen LogP contribution in [-0.4, -0.2) is 26.4 Å². The molecule has 0 fully saturated rings. The maximum absolute atomic E-state index is 10.8. The van der Waals surface area contributed by atoms with Gasteiger partial charge in [0.15, 0.2) is 0 Å². The van der Waals surface area contributed by atoms with Gasteiger partial charge in [-0.15, -0.1) is 10.2 Å². The van der Waals surface area contributed by atoms with E-state index in [0.29, 0.717) is 11.1 Å². The zero-order valence-electron chi connectivity index (χ0n) is 10.7. The van der Waals surface area contributed by atoms with E-state index in [2.05, 4.69) is 10.2 Å². The molecule has 0 saturated carbocycles. The van der Waals surface area contributed by atoms with Crippen LogP contribution in [0.15, 0.2) is 52.9 Å². The molecule has 1 aromatic heterocycles. The molecule has 0 aliphatic carbocycles. The summed E-state index contributed by atoms with van der Waals surface area (Å²) in [6.45, 7) is 0. The summed E-state index contributed by atoms with van der Waals surface area (Å²) in [5.74, 6) is -0.320. The number of aromatic hydroxyl groups is 1. The molecular formula is C15H10N2O4. The molecule has 1 heterocycles. The van der Waals surface area contributed by atoms with E-state index < -0.39 is 5.97 Å². The molecule has 3 rings (SSSR count). The number of phenols is 1. The number of carboxylic acid groups (broad SMARTS) is 1. The van der Waals surface area contributed by atoms with Crippen LogP contribution >= 0.6 is 0 Å². The van der Waals surface area contributed by atoms with Crippen molar-refractivity contribution in [2.45, 2.75) is 0 Å². The first-order chi connectivity index (χ1) is 10.1. The van der Waals surface area contributed by atoms with Crippen molar-refractivity contribution in [2.75, 3.05) is 0 Å². The molecule has 6 heteroatoms. The zero-order chi connectivity index (χ0) is 14.8. The van der Waals surface area contributed by atoms with Crippen LogP contribution in [0.3, 0.4) is 0 Å². The number of benzene rings is 2. The van der Waals surface area contributed by atoms with E-state index in [1.807, 2.05) is 0 Å². The van der Waals surface area contributed by atoms with Crippen LogP contribution in [-0.2, 0) is 0 Å². The molecule has 0 saturated heterocycles. The highest BCUT2D eigenvalue weighted by atomic mass is 16.4. The number of aromatic carboxylic acids is 1. The molecule has 0 spiro atoms. The third kappa shape index (κ3) is 2.59. The van der Waals surface area contributed by atoms with Gasteiger partial charge in [-0.1, -0.05) is 6.07 Å². The number of carboxylic acids is 1. The van der Waals surface area contributed by atoms with Crippen molar-refractivity contribution < 1.29 is 19.4 Å². The van der Waals surface area contributed by atoms with Gasteiger partial charge in [0.25, 0.3) is 0 Å². The topological polar surface area (TPSA) is 96.5 Å². The summed E-state index contributed by atoms with van der Waals surface area (Å²) in [6, 6.07) is 12.6. The lowest BCUT2D eigenvalue weighted by Gasteiger charge is -1.97. The quantitative estimate of drug-likeness (QED) is 0.766. The molecule has 104 valence electrons. The van der Waals surface area contributed by atoms with Crippen molar-refractivity contribution >= 4 is 5.97 Å². The van der Waals surface area contributed by atoms with Crippen LogP contribution in [0.25, 0.3) is 22.9 Å². The minimum absolute atomic E-state index is 0.109. The van der Waals surface area contributed by atoms with Crippen LogP contribution in [0.4, 0.5) is 0 Å². The number of hydrogen-bond acceptors (Lipinski definition) is 5. The molecule has 3 aromatic rings. The standard InChI is InChI=1S/C15H10N2O4/c18-12-3-1-2-11(8-12)14-17-16-13(21-14)9-4-6-10(7-5-9)15(19)20/h1-8,18H,(H,19,20). The molecule has 2 N–H and O–H groups in total. The van der Waals surface area contributed by atoms with E-state index in [0.717, 1.165) is 0 Å². The maximum Gasteiger partial charge on any atom is 0.335 e. The van der Waals surface area contributed by atoms with Crippen molar-refractivity contribution in [1.29, 1.82) is 0 Å². The first-order valence-electron chi connectivity index (χ1n) is 6.10. The Labute approximate surface area is 119 Å². The fraction of sp³-hybridized carbons (Fsp3) is 0. The van der Waals surface area contributed by atoms with Gasteiger partial charge in [0.2, 0.25) is 11.8 Å². The van der Waals surface area contributed by atoms with Crippen molar-refractivity contribution in [2.24, 2.45) is 0 Å². The summed E-state index contributed by atoms with van der Waals surface area (Å²) in [4.78, 5) is 10.8. The van der Waals surface area contributed by atoms with E-state index in [4.69, 9.17) is 9.52 Å². The van der Waals surface area contributed by atoms with Gasteiger partial charge >= 0.3 is 5.97 Å². The molecule has 2 aromatic carbocycles. The van der Waals surface area contributed by atoms with Gasteiger partial charge < -0.3 is 14.6 Å². The van der Waals surface area contributed by atoms with Gasteiger partial charge in [0.05, 0.1) is 5.56 Å². The Balaban J connectivity index is 1.93. The van der Waals surface area contributed by atoms with Crippen molar-refractivity contribution in [3.63, 3.8) is 0 Å². The van der Waals surface area contributed by atoms with Gasteiger partial charge in [-0.05, 0) is 42.5 Å². The smallest absolute Gasteiger partial charge is 0.335 e. The Morgan fingerprint density at radius 1 is 0.952 bits per heavy atom. The molecule has 0 aliphatic rings. The fourth-order valence-corrected chi connectivity index (χ4v) is 1.85. The molecule has 0 bridgehead atoms. The fourth-order valence-electron chi connectivity index (χ4n) is 1.85. The summed E-state index contributed by atoms with van der Waals surface area (Å²) in [7, 11) is 0. The van der Waals surface area contributed by atoms with E-state index in [1.54, 1.807) is 30.3 Å². The lowest BCUT2D eigenvalue weighted by molar-refractivity contribution is 0.0697. The number of carbonyl (C=O) groups is 1. The average Bonchev–Trinajstić information content (AvgIpc) is 2.97. The second kappa shape index (κ2) is 5.09. The highest BCUT2D eigenvalue weighted by Gasteiger charge is 2.11. The molecule has 0 amide bonds. The second-order valence-electron chi connectivity index (χ2n) is 4.35. The second-order valence-corrected chi connectivity index (χ2v) is 4.35. The summed E-state index contributed by atoms with van der Waals surface area (Å²) in [6.07, 6.45) is 0. The van der Waals surface area contributed by atoms with E-state index in [9.17, 15) is 9.90 Å². The molecule has 0 radical (unpaired) electrons. The third-order valence-corrected chi connectivity index (χ3v) is 2.90. The van der Waals surface area contributed by atoms with Crippen LogP contribution in [0, 0.1) is 0 Å². The van der Waals surface area contributed by atoms with Crippen LogP contribution in [0.2, 0.25) is 0 Å². The monoisotopic (exact) mass is 282 g/mol. The zero-order valence-corrected chi connectivity index (χ0v) is 10.7. The van der Waals surface area contributed by atoms with E-state index in [-0.39, 0.29) is 23.1 Å². The number of nitrogens with zero attached hydrogens (tertiary/aromatic N) is 2. The van der Waals surface area contributed by atoms with Gasteiger partial charge in [0.1, 0.15) is 5.75 Å². The minimum atomic E-state index is -0.993. The number of aromatic nitrogens is 2. The molecule has 0 unspecified atom stereocenters. The van der Waals surface area contributed by atoms with Gasteiger partial charge in [-0.3, -0.25) is 0 Å². The highest BCUT2D eigenvalue weighted by molar-refractivity contribution is 5.88. The highest BCUT2D eigenvalue weighted by Crippen LogP contribution is 2.26. The van der Waals surface area contributed by atoms with Crippen LogP contribution < -0.4 is 0 Å². The average molecular weight is 282 g/mol. The van der Waals surface area contributed by atoms with Gasteiger partial charge in [-0.25, -0.2) is 4.79 Å². The Bertz CT molecular complexity index is 793. The van der Waals surface area contributed by atoms with Gasteiger partial charge in [-0.2, -0.15) is 0 Å². The Morgan fingerprint density at radius 3 is 2.24 bits per heavy atom. The summed E-state index contributed by atoms with van der Waals surface area (Å²) in [5.41, 5.74) is 1.42. The first-order valence-corrected chi connectivity index (χ1v) is 6.10. The first kappa shape index (κ1) is 12.9. The number of hydrogen-bond donors (Lipinski definition) is 2. The van der Waals surface area contributed by atoms with Crippen molar-refractivity contribution in [3.05, 3.63) is 54.1 Å². The van der Waals surface area contributed by atoms with E-state index >= 15 is 0 Å². The number of phenolic OH excluding ortho intramolecular Hbond substituents is 1. The normalized spacial score (nSPS) is 10.5. The van der Waals surface area contributed by atoms with Gasteiger partial charge in [0, 0.05) is 11.1 Å². The van der Waals surface area contributed by atoms with Crippen molar-refractivity contribution in [3.8, 4) is 28.7 Å². The molecule has 6 nitrogen and oxygen atoms in total. The largest absolute Gasteiger partial charge is 0.508 e. The molecular weight excluding hydrogens is 272 g/mol. The minimum Gasteiger partial charge on any atom is -0.508 e. The SMILES string of the molecule is O=C(O)c1ccc(-c2nnc(-c3cccc(O)c3)o2)cc1. The Morgan fingerprint density at radius 2 is 1.62 bits per heavy atom. The molecule has 0 atom stereocenters. The summed E-state index contributed by atoms with van der Waals surface area (Å²) < 4.78 is 5.53. The Hall–Kier alpha value is -3.15. The lowest BCUT2D eigenvalue weighted by atomic mass is 10.1. The lowest BCUT2D eigenvalue weighted by Crippen LogP contribution is -1.94. The summed E-state index contributed by atoms with van der Waals surface area (Å²) in [5, 5.41) is 26.1. The maximum atomic E-state index is 10.8. The van der Waals surface area contributed by atoms with Crippen LogP contribution in [0.5, 0.6) is 5.75 Å².